The molecular weight excluding hydrogens is 258 g/mol. The number of pyridine rings is 1. The summed E-state index contributed by atoms with van der Waals surface area (Å²) >= 11 is 0. The first-order chi connectivity index (χ1) is 9.66. The highest BCUT2D eigenvalue weighted by Gasteiger charge is 2.22. The molecule has 2 aromatic rings. The van der Waals surface area contributed by atoms with Crippen molar-refractivity contribution < 1.29 is 14.3 Å². The van der Waals surface area contributed by atoms with Crippen molar-refractivity contribution in [1.82, 2.24) is 4.98 Å². The van der Waals surface area contributed by atoms with Gasteiger partial charge in [-0.1, -0.05) is 6.07 Å². The minimum Gasteiger partial charge on any atom is -0.454 e. The average Bonchev–Trinajstić information content (AvgIpc) is 2.93. The summed E-state index contributed by atoms with van der Waals surface area (Å²) in [5.74, 6) is 1.38. The number of hydrogen-bond acceptors (Lipinski definition) is 5. The highest BCUT2D eigenvalue weighted by atomic mass is 16.7. The molecule has 0 unspecified atom stereocenters. The van der Waals surface area contributed by atoms with Crippen molar-refractivity contribution in [3.05, 3.63) is 42.1 Å². The fourth-order valence-corrected chi connectivity index (χ4v) is 1.98. The largest absolute Gasteiger partial charge is 0.454 e. The molecule has 3 rings (SSSR count). The Labute approximate surface area is 115 Å². The molecule has 20 heavy (non-hydrogen) atoms. The van der Waals surface area contributed by atoms with Crippen molar-refractivity contribution in [3.8, 4) is 11.5 Å². The van der Waals surface area contributed by atoms with E-state index in [-0.39, 0.29) is 12.7 Å². The van der Waals surface area contributed by atoms with E-state index in [4.69, 9.17) is 15.2 Å². The van der Waals surface area contributed by atoms with Crippen molar-refractivity contribution in [1.29, 1.82) is 0 Å². The lowest BCUT2D eigenvalue weighted by molar-refractivity contribution is 0.0992. The van der Waals surface area contributed by atoms with Gasteiger partial charge in [-0.3, -0.25) is 9.69 Å². The first kappa shape index (κ1) is 12.3. The van der Waals surface area contributed by atoms with Gasteiger partial charge in [-0.15, -0.1) is 0 Å². The average molecular weight is 271 g/mol. The van der Waals surface area contributed by atoms with Gasteiger partial charge in [-0.2, -0.15) is 0 Å². The van der Waals surface area contributed by atoms with E-state index in [1.807, 2.05) is 6.07 Å². The van der Waals surface area contributed by atoms with Crippen LogP contribution < -0.4 is 20.1 Å². The summed E-state index contributed by atoms with van der Waals surface area (Å²) in [7, 11) is 1.65. The monoisotopic (exact) mass is 271 g/mol. The highest BCUT2D eigenvalue weighted by molar-refractivity contribution is 6.09. The number of carbonyl (C=O) groups is 1. The van der Waals surface area contributed by atoms with Gasteiger partial charge in [-0.05, 0) is 18.2 Å². The summed E-state index contributed by atoms with van der Waals surface area (Å²) in [6.45, 7) is 0.141. The maximum absolute atomic E-state index is 12.5. The van der Waals surface area contributed by atoms with Crippen molar-refractivity contribution >= 4 is 17.4 Å². The third kappa shape index (κ3) is 2.01. The van der Waals surface area contributed by atoms with Gasteiger partial charge in [0.1, 0.15) is 5.82 Å². The molecule has 1 aliphatic heterocycles. The van der Waals surface area contributed by atoms with Crippen LogP contribution >= 0.6 is 0 Å². The third-order valence-electron chi connectivity index (χ3n) is 3.07. The number of amides is 1. The molecule has 6 nitrogen and oxygen atoms in total. The van der Waals surface area contributed by atoms with Crippen molar-refractivity contribution in [2.75, 3.05) is 24.5 Å². The molecule has 1 amide bonds. The zero-order valence-corrected chi connectivity index (χ0v) is 10.9. The summed E-state index contributed by atoms with van der Waals surface area (Å²) in [4.78, 5) is 18.0. The Morgan fingerprint density at radius 2 is 2.05 bits per heavy atom. The number of nitrogen functional groups attached to an aromatic ring is 1. The molecule has 1 aromatic carbocycles. The van der Waals surface area contributed by atoms with Gasteiger partial charge in [0.15, 0.2) is 11.5 Å². The molecule has 2 N–H and O–H groups in total. The smallest absolute Gasteiger partial charge is 0.261 e. The van der Waals surface area contributed by atoms with Crippen molar-refractivity contribution in [2.45, 2.75) is 0 Å². The number of carbonyl (C=O) groups excluding carboxylic acids is 1. The van der Waals surface area contributed by atoms with Crippen LogP contribution in [0.4, 0.5) is 11.5 Å². The van der Waals surface area contributed by atoms with E-state index in [0.717, 1.165) is 0 Å². The normalized spacial score (nSPS) is 12.2. The lowest BCUT2D eigenvalue weighted by atomic mass is 10.1. The molecule has 0 bridgehead atoms. The van der Waals surface area contributed by atoms with E-state index in [0.29, 0.717) is 28.6 Å². The van der Waals surface area contributed by atoms with Gasteiger partial charge in [0.25, 0.3) is 5.91 Å². The van der Waals surface area contributed by atoms with E-state index >= 15 is 0 Å². The molecule has 0 radical (unpaired) electrons. The maximum atomic E-state index is 12.5. The van der Waals surface area contributed by atoms with Crippen LogP contribution in [0.25, 0.3) is 0 Å². The number of rotatable bonds is 2. The fourth-order valence-electron chi connectivity index (χ4n) is 1.98. The summed E-state index contributed by atoms with van der Waals surface area (Å²) in [6.07, 6.45) is 1.63. The summed E-state index contributed by atoms with van der Waals surface area (Å²) in [5, 5.41) is 0. The number of ether oxygens (including phenoxy) is 2. The molecule has 102 valence electrons. The standard InChI is InChI=1S/C14H13N3O3/c1-17(13-4-2-3-5-16-13)14(18)9-6-11-12(7-10(9)15)20-8-19-11/h2-7H,8,15H2,1H3. The summed E-state index contributed by atoms with van der Waals surface area (Å²) < 4.78 is 10.5. The minimum absolute atomic E-state index is 0.141. The molecule has 0 atom stereocenters. The summed E-state index contributed by atoms with van der Waals surface area (Å²) in [5.41, 5.74) is 6.62. The van der Waals surface area contributed by atoms with Gasteiger partial charge in [0, 0.05) is 25.0 Å². The molecule has 0 fully saturated rings. The molecule has 1 aliphatic rings. The number of aromatic nitrogens is 1. The molecule has 0 saturated carbocycles. The van der Waals surface area contributed by atoms with Gasteiger partial charge in [0.2, 0.25) is 6.79 Å². The molecule has 6 heteroatoms. The zero-order chi connectivity index (χ0) is 14.1. The van der Waals surface area contributed by atoms with E-state index in [1.54, 1.807) is 37.5 Å². The molecule has 2 heterocycles. The molecular formula is C14H13N3O3. The first-order valence-corrected chi connectivity index (χ1v) is 6.05. The van der Waals surface area contributed by atoms with Crippen LogP contribution in [-0.4, -0.2) is 24.7 Å². The van der Waals surface area contributed by atoms with Gasteiger partial charge < -0.3 is 15.2 Å². The van der Waals surface area contributed by atoms with Crippen LogP contribution in [0.15, 0.2) is 36.5 Å². The Balaban J connectivity index is 1.95. The van der Waals surface area contributed by atoms with Gasteiger partial charge in [0.05, 0.1) is 5.56 Å². The fraction of sp³-hybridized carbons (Fsp3) is 0.143. The Morgan fingerprint density at radius 3 is 2.75 bits per heavy atom. The van der Waals surface area contributed by atoms with Crippen molar-refractivity contribution in [2.24, 2.45) is 0 Å². The lowest BCUT2D eigenvalue weighted by Gasteiger charge is -2.17. The zero-order valence-electron chi connectivity index (χ0n) is 10.9. The number of fused-ring (bicyclic) bond motifs is 1. The number of benzene rings is 1. The van der Waals surface area contributed by atoms with E-state index in [9.17, 15) is 4.79 Å². The quantitative estimate of drug-likeness (QED) is 0.841. The Bertz CT molecular complexity index is 658. The molecule has 1 aromatic heterocycles. The van der Waals surface area contributed by atoms with Gasteiger partial charge in [-0.25, -0.2) is 4.98 Å². The third-order valence-corrected chi connectivity index (χ3v) is 3.07. The Morgan fingerprint density at radius 1 is 1.30 bits per heavy atom. The van der Waals surface area contributed by atoms with Crippen LogP contribution in [-0.2, 0) is 0 Å². The number of anilines is 2. The van der Waals surface area contributed by atoms with E-state index in [2.05, 4.69) is 4.98 Å². The van der Waals surface area contributed by atoms with Crippen LogP contribution in [0.2, 0.25) is 0 Å². The second-order valence-electron chi connectivity index (χ2n) is 4.34. The number of nitrogens with zero attached hydrogens (tertiary/aromatic N) is 2. The Kier molecular flexibility index (Phi) is 2.90. The predicted molar refractivity (Wildman–Crippen MR) is 73.9 cm³/mol. The summed E-state index contributed by atoms with van der Waals surface area (Å²) in [6, 6.07) is 8.55. The number of nitrogens with two attached hydrogens (primary N) is 1. The maximum Gasteiger partial charge on any atom is 0.261 e. The molecule has 0 aliphatic carbocycles. The van der Waals surface area contributed by atoms with Crippen LogP contribution in [0.3, 0.4) is 0 Å². The molecule has 0 saturated heterocycles. The van der Waals surface area contributed by atoms with Crippen LogP contribution in [0.1, 0.15) is 10.4 Å². The van der Waals surface area contributed by atoms with E-state index < -0.39 is 0 Å². The molecule has 0 spiro atoms. The first-order valence-electron chi connectivity index (χ1n) is 6.05. The minimum atomic E-state index is -0.250. The topological polar surface area (TPSA) is 77.7 Å². The lowest BCUT2D eigenvalue weighted by Crippen LogP contribution is -2.27. The van der Waals surface area contributed by atoms with Crippen LogP contribution in [0, 0.1) is 0 Å². The van der Waals surface area contributed by atoms with Crippen LogP contribution in [0.5, 0.6) is 11.5 Å². The SMILES string of the molecule is CN(C(=O)c1cc2c(cc1N)OCO2)c1ccccn1. The second kappa shape index (κ2) is 4.73. The van der Waals surface area contributed by atoms with Gasteiger partial charge >= 0.3 is 0 Å². The van der Waals surface area contributed by atoms with Crippen molar-refractivity contribution in [3.63, 3.8) is 0 Å². The predicted octanol–water partition coefficient (Wildman–Crippen LogP) is 1.67. The highest BCUT2D eigenvalue weighted by Crippen LogP contribution is 2.36. The Hall–Kier alpha value is -2.76. The number of hydrogen-bond donors (Lipinski definition) is 1. The van der Waals surface area contributed by atoms with E-state index in [1.165, 1.54) is 4.90 Å². The second-order valence-corrected chi connectivity index (χ2v) is 4.34.